The molecule has 74 valence electrons. The lowest BCUT2D eigenvalue weighted by Crippen LogP contribution is -2.71. The van der Waals surface area contributed by atoms with E-state index in [1.54, 1.807) is 0 Å². The number of fused-ring (bicyclic) bond motifs is 3. The SMILES string of the molecule is CC(C(=O)O)[N+]12CCN(CC1)CC2. The van der Waals surface area contributed by atoms with E-state index in [9.17, 15) is 4.79 Å². The van der Waals surface area contributed by atoms with Crippen LogP contribution in [0.1, 0.15) is 6.92 Å². The first-order valence-electron chi connectivity index (χ1n) is 4.95. The molecule has 1 atom stereocenters. The monoisotopic (exact) mass is 185 g/mol. The van der Waals surface area contributed by atoms with Crippen LogP contribution < -0.4 is 0 Å². The summed E-state index contributed by atoms with van der Waals surface area (Å²) in [5.41, 5.74) is 0. The largest absolute Gasteiger partial charge is 0.477 e. The highest BCUT2D eigenvalue weighted by Crippen LogP contribution is 2.23. The van der Waals surface area contributed by atoms with Crippen molar-refractivity contribution in [3.63, 3.8) is 0 Å². The number of aliphatic carboxylic acids is 1. The highest BCUT2D eigenvalue weighted by Gasteiger charge is 2.45. The number of nitrogens with zero attached hydrogens (tertiary/aromatic N) is 2. The molecule has 3 saturated heterocycles. The molecule has 0 saturated carbocycles. The lowest BCUT2D eigenvalue weighted by Gasteiger charge is -2.52. The van der Waals surface area contributed by atoms with E-state index in [1.807, 2.05) is 6.92 Å². The zero-order chi connectivity index (χ0) is 9.47. The molecule has 1 N–H and O–H groups in total. The number of carboxylic acids is 1. The van der Waals surface area contributed by atoms with Crippen molar-refractivity contribution >= 4 is 5.97 Å². The zero-order valence-corrected chi connectivity index (χ0v) is 8.07. The second-order valence-electron chi connectivity index (χ2n) is 4.25. The summed E-state index contributed by atoms with van der Waals surface area (Å²) in [6.45, 7) is 8.16. The molecule has 3 fully saturated rings. The van der Waals surface area contributed by atoms with Crippen LogP contribution in [0, 0.1) is 0 Å². The summed E-state index contributed by atoms with van der Waals surface area (Å²) in [6, 6.07) is -0.220. The molecule has 1 unspecified atom stereocenters. The Bertz CT molecular complexity index is 208. The maximum Gasteiger partial charge on any atom is 0.362 e. The third-order valence-corrected chi connectivity index (χ3v) is 3.76. The summed E-state index contributed by atoms with van der Waals surface area (Å²) in [4.78, 5) is 13.4. The van der Waals surface area contributed by atoms with Crippen molar-refractivity contribution in [3.05, 3.63) is 0 Å². The molecule has 3 rings (SSSR count). The van der Waals surface area contributed by atoms with Crippen LogP contribution in [0.25, 0.3) is 0 Å². The van der Waals surface area contributed by atoms with Gasteiger partial charge in [0.2, 0.25) is 0 Å². The van der Waals surface area contributed by atoms with Gasteiger partial charge < -0.3 is 9.59 Å². The Balaban J connectivity index is 2.14. The van der Waals surface area contributed by atoms with Gasteiger partial charge in [0, 0.05) is 19.6 Å². The van der Waals surface area contributed by atoms with Crippen LogP contribution >= 0.6 is 0 Å². The van der Waals surface area contributed by atoms with E-state index in [2.05, 4.69) is 4.90 Å². The van der Waals surface area contributed by atoms with Crippen molar-refractivity contribution in [1.82, 2.24) is 4.90 Å². The van der Waals surface area contributed by atoms with Gasteiger partial charge in [0.1, 0.15) is 0 Å². The molecule has 13 heavy (non-hydrogen) atoms. The molecule has 0 radical (unpaired) electrons. The molecule has 2 bridgehead atoms. The van der Waals surface area contributed by atoms with Crippen molar-refractivity contribution in [2.24, 2.45) is 0 Å². The standard InChI is InChI=1S/C9H16N2O2/c1-8(9(12)13)11-5-2-10(3-6-11)4-7-11/h8H,2-7H2,1H3/p+1. The number of quaternary nitrogens is 1. The highest BCUT2D eigenvalue weighted by atomic mass is 16.4. The maximum atomic E-state index is 11.0. The Kier molecular flexibility index (Phi) is 2.04. The van der Waals surface area contributed by atoms with Crippen LogP contribution in [-0.2, 0) is 4.79 Å². The predicted octanol–water partition coefficient (Wildman–Crippen LogP) is -0.394. The average Bonchev–Trinajstić information content (AvgIpc) is 2.19. The number of piperazine rings is 3. The van der Waals surface area contributed by atoms with Gasteiger partial charge in [0.25, 0.3) is 0 Å². The fourth-order valence-electron chi connectivity index (χ4n) is 2.51. The van der Waals surface area contributed by atoms with E-state index in [-0.39, 0.29) is 6.04 Å². The second kappa shape index (κ2) is 2.96. The molecule has 0 aliphatic carbocycles. The maximum absolute atomic E-state index is 11.0. The van der Waals surface area contributed by atoms with Gasteiger partial charge in [0.15, 0.2) is 6.04 Å². The van der Waals surface area contributed by atoms with Crippen LogP contribution in [-0.4, -0.2) is 65.8 Å². The number of rotatable bonds is 2. The van der Waals surface area contributed by atoms with E-state index < -0.39 is 5.97 Å². The van der Waals surface area contributed by atoms with Crippen molar-refractivity contribution in [2.75, 3.05) is 39.3 Å². The minimum absolute atomic E-state index is 0.220. The summed E-state index contributed by atoms with van der Waals surface area (Å²) in [5, 5.41) is 9.02. The van der Waals surface area contributed by atoms with Crippen LogP contribution in [0.3, 0.4) is 0 Å². The van der Waals surface area contributed by atoms with Crippen LogP contribution in [0.15, 0.2) is 0 Å². The Hall–Kier alpha value is -0.610. The Morgan fingerprint density at radius 1 is 1.31 bits per heavy atom. The first-order valence-corrected chi connectivity index (χ1v) is 4.95. The molecule has 3 heterocycles. The van der Waals surface area contributed by atoms with E-state index in [1.165, 1.54) is 0 Å². The van der Waals surface area contributed by atoms with Gasteiger partial charge in [-0.2, -0.15) is 0 Å². The Morgan fingerprint density at radius 2 is 1.77 bits per heavy atom. The molecular weight excluding hydrogens is 168 g/mol. The summed E-state index contributed by atoms with van der Waals surface area (Å²) in [7, 11) is 0. The molecule has 4 nitrogen and oxygen atoms in total. The van der Waals surface area contributed by atoms with Gasteiger partial charge in [0.05, 0.1) is 19.6 Å². The normalized spacial score (nSPS) is 40.2. The highest BCUT2D eigenvalue weighted by molar-refractivity contribution is 5.71. The lowest BCUT2D eigenvalue weighted by molar-refractivity contribution is -0.954. The third kappa shape index (κ3) is 1.34. The van der Waals surface area contributed by atoms with Crippen molar-refractivity contribution < 1.29 is 14.4 Å². The van der Waals surface area contributed by atoms with E-state index in [0.29, 0.717) is 0 Å². The summed E-state index contributed by atoms with van der Waals surface area (Å²) < 4.78 is 0.811. The molecule has 4 heteroatoms. The average molecular weight is 185 g/mol. The van der Waals surface area contributed by atoms with Gasteiger partial charge in [-0.25, -0.2) is 4.79 Å². The number of hydrogen-bond acceptors (Lipinski definition) is 2. The quantitative estimate of drug-likeness (QED) is 0.595. The fraction of sp³-hybridized carbons (Fsp3) is 0.889. The minimum Gasteiger partial charge on any atom is -0.477 e. The molecule has 0 spiro atoms. The van der Waals surface area contributed by atoms with Gasteiger partial charge in [-0.05, 0) is 6.92 Å². The molecule has 3 aliphatic heterocycles. The predicted molar refractivity (Wildman–Crippen MR) is 48.4 cm³/mol. The van der Waals surface area contributed by atoms with Crippen molar-refractivity contribution in [3.8, 4) is 0 Å². The topological polar surface area (TPSA) is 40.5 Å². The number of carboxylic acid groups (broad SMARTS) is 1. The molecule has 0 amide bonds. The minimum atomic E-state index is -0.643. The van der Waals surface area contributed by atoms with Crippen LogP contribution in [0.2, 0.25) is 0 Å². The van der Waals surface area contributed by atoms with Gasteiger partial charge in [-0.15, -0.1) is 0 Å². The molecular formula is C9H17N2O2+. The van der Waals surface area contributed by atoms with Gasteiger partial charge in [-0.1, -0.05) is 0 Å². The molecule has 0 aromatic carbocycles. The van der Waals surface area contributed by atoms with Crippen molar-refractivity contribution in [2.45, 2.75) is 13.0 Å². The zero-order valence-electron chi connectivity index (χ0n) is 8.07. The molecule has 0 aromatic heterocycles. The van der Waals surface area contributed by atoms with Crippen LogP contribution in [0.5, 0.6) is 0 Å². The number of carbonyl (C=O) groups is 1. The first kappa shape index (κ1) is 8.97. The molecule has 0 aromatic rings. The third-order valence-electron chi connectivity index (χ3n) is 3.76. The van der Waals surface area contributed by atoms with E-state index >= 15 is 0 Å². The van der Waals surface area contributed by atoms with E-state index in [0.717, 1.165) is 43.8 Å². The van der Waals surface area contributed by atoms with Crippen LogP contribution in [0.4, 0.5) is 0 Å². The smallest absolute Gasteiger partial charge is 0.362 e. The summed E-state index contributed by atoms with van der Waals surface area (Å²) >= 11 is 0. The first-order chi connectivity index (χ1) is 6.14. The van der Waals surface area contributed by atoms with E-state index in [4.69, 9.17) is 5.11 Å². The summed E-state index contributed by atoms with van der Waals surface area (Å²) in [5.74, 6) is -0.643. The van der Waals surface area contributed by atoms with Gasteiger partial charge in [-0.3, -0.25) is 4.90 Å². The number of hydrogen-bond donors (Lipinski definition) is 1. The Labute approximate surface area is 78.3 Å². The second-order valence-corrected chi connectivity index (χ2v) is 4.25. The molecule has 3 aliphatic rings. The van der Waals surface area contributed by atoms with Gasteiger partial charge >= 0.3 is 5.97 Å². The van der Waals surface area contributed by atoms with Crippen molar-refractivity contribution in [1.29, 1.82) is 0 Å². The Morgan fingerprint density at radius 3 is 2.15 bits per heavy atom. The summed E-state index contributed by atoms with van der Waals surface area (Å²) in [6.07, 6.45) is 0. The lowest BCUT2D eigenvalue weighted by atomic mass is 10.1. The fourth-order valence-corrected chi connectivity index (χ4v) is 2.51.